The minimum atomic E-state index is -1.30. The van der Waals surface area contributed by atoms with Crippen LogP contribution in [0.25, 0.3) is 0 Å². The molecule has 0 radical (unpaired) electrons. The van der Waals surface area contributed by atoms with Crippen LogP contribution in [0.5, 0.6) is 0 Å². The van der Waals surface area contributed by atoms with Crippen LogP contribution in [0.3, 0.4) is 0 Å². The standard InChI is InChI=1S/C27H25N3O7/c31-25(28-23(26(32)33)14-18-10-12-22(13-11-18)30(35)36)24-15-20-8-4-5-9-21(20)16-29(24)27(34)37-17-19-6-2-1-3-7-19/h1-13,23-24H,14-17H2,(H,28,31)(H,32,33)/t23-,24+/m1/s1. The first-order valence-electron chi connectivity index (χ1n) is 11.6. The number of nitrogens with one attached hydrogen (secondary N) is 1. The molecule has 1 heterocycles. The fourth-order valence-electron chi connectivity index (χ4n) is 4.21. The van der Waals surface area contributed by atoms with Crippen LogP contribution in [0.15, 0.2) is 78.9 Å². The highest BCUT2D eigenvalue weighted by atomic mass is 16.6. The summed E-state index contributed by atoms with van der Waals surface area (Å²) in [5.41, 5.74) is 2.95. The zero-order valence-corrected chi connectivity index (χ0v) is 19.8. The molecule has 0 unspecified atom stereocenters. The van der Waals surface area contributed by atoms with Gasteiger partial charge in [-0.05, 0) is 22.3 Å². The van der Waals surface area contributed by atoms with E-state index in [4.69, 9.17) is 4.74 Å². The number of carboxylic acid groups (broad SMARTS) is 1. The van der Waals surface area contributed by atoms with E-state index in [0.717, 1.165) is 16.7 Å². The van der Waals surface area contributed by atoms with Gasteiger partial charge >= 0.3 is 12.1 Å². The number of rotatable bonds is 8. The first-order chi connectivity index (χ1) is 17.8. The number of hydrogen-bond acceptors (Lipinski definition) is 6. The van der Waals surface area contributed by atoms with Gasteiger partial charge in [0.15, 0.2) is 0 Å². The van der Waals surface area contributed by atoms with E-state index in [1.165, 1.54) is 29.2 Å². The molecule has 0 spiro atoms. The van der Waals surface area contributed by atoms with Gasteiger partial charge < -0.3 is 15.2 Å². The fraction of sp³-hybridized carbons (Fsp3) is 0.222. The van der Waals surface area contributed by atoms with E-state index in [1.54, 1.807) is 0 Å². The third-order valence-electron chi connectivity index (χ3n) is 6.19. The Hall–Kier alpha value is -4.73. The van der Waals surface area contributed by atoms with E-state index in [2.05, 4.69) is 5.32 Å². The number of hydrogen-bond donors (Lipinski definition) is 2. The Labute approximate surface area is 212 Å². The first kappa shape index (κ1) is 25.4. The van der Waals surface area contributed by atoms with Gasteiger partial charge in [-0.1, -0.05) is 66.7 Å². The molecule has 0 fully saturated rings. The number of fused-ring (bicyclic) bond motifs is 1. The van der Waals surface area contributed by atoms with Gasteiger partial charge in [0, 0.05) is 25.0 Å². The topological polar surface area (TPSA) is 139 Å². The van der Waals surface area contributed by atoms with Crippen LogP contribution in [0, 0.1) is 10.1 Å². The minimum Gasteiger partial charge on any atom is -0.480 e. The van der Waals surface area contributed by atoms with E-state index in [-0.39, 0.29) is 31.7 Å². The Morgan fingerprint density at radius 2 is 1.62 bits per heavy atom. The van der Waals surface area contributed by atoms with Crippen LogP contribution in [0.1, 0.15) is 22.3 Å². The summed E-state index contributed by atoms with van der Waals surface area (Å²) < 4.78 is 5.48. The maximum atomic E-state index is 13.3. The van der Waals surface area contributed by atoms with Crippen LogP contribution in [-0.4, -0.2) is 45.0 Å². The lowest BCUT2D eigenvalue weighted by Crippen LogP contribution is -2.56. The summed E-state index contributed by atoms with van der Waals surface area (Å²) in [6.07, 6.45) is -0.562. The number of non-ortho nitro benzene ring substituents is 1. The molecule has 0 aromatic heterocycles. The predicted octanol–water partition coefficient (Wildman–Crippen LogP) is 3.47. The van der Waals surface area contributed by atoms with E-state index in [1.807, 2.05) is 54.6 Å². The average molecular weight is 504 g/mol. The van der Waals surface area contributed by atoms with Crippen LogP contribution in [-0.2, 0) is 40.3 Å². The first-order valence-corrected chi connectivity index (χ1v) is 11.6. The van der Waals surface area contributed by atoms with Gasteiger partial charge in [0.25, 0.3) is 5.69 Å². The SMILES string of the molecule is O=C(O)[C@@H](Cc1ccc([N+](=O)[O-])cc1)NC(=O)[C@@H]1Cc2ccccc2CN1C(=O)OCc1ccccc1. The highest BCUT2D eigenvalue weighted by Gasteiger charge is 2.37. The highest BCUT2D eigenvalue weighted by molar-refractivity contribution is 5.90. The summed E-state index contributed by atoms with van der Waals surface area (Å²) in [7, 11) is 0. The second kappa shape index (κ2) is 11.3. The number of carbonyl (C=O) groups excluding carboxylic acids is 2. The normalized spacial score (nSPS) is 15.2. The number of nitro groups is 1. The smallest absolute Gasteiger partial charge is 0.411 e. The van der Waals surface area contributed by atoms with E-state index < -0.39 is 35.0 Å². The molecule has 3 aromatic carbocycles. The number of benzene rings is 3. The predicted molar refractivity (Wildman–Crippen MR) is 132 cm³/mol. The Kier molecular flexibility index (Phi) is 7.77. The number of carboxylic acids is 1. The Morgan fingerprint density at radius 3 is 2.27 bits per heavy atom. The number of nitro benzene ring substituents is 1. The molecule has 10 heteroatoms. The molecule has 0 aliphatic carbocycles. The largest absolute Gasteiger partial charge is 0.480 e. The second-order valence-corrected chi connectivity index (χ2v) is 8.68. The lowest BCUT2D eigenvalue weighted by Gasteiger charge is -2.35. The van der Waals surface area contributed by atoms with E-state index >= 15 is 0 Å². The van der Waals surface area contributed by atoms with Crippen molar-refractivity contribution >= 4 is 23.7 Å². The molecular weight excluding hydrogens is 478 g/mol. The summed E-state index contributed by atoms with van der Waals surface area (Å²) in [4.78, 5) is 50.0. The third-order valence-corrected chi connectivity index (χ3v) is 6.19. The zero-order valence-electron chi connectivity index (χ0n) is 19.8. The molecule has 2 amide bonds. The van der Waals surface area contributed by atoms with Crippen molar-refractivity contribution in [1.29, 1.82) is 0 Å². The van der Waals surface area contributed by atoms with Crippen LogP contribution < -0.4 is 5.32 Å². The molecule has 4 rings (SSSR count). The van der Waals surface area contributed by atoms with Crippen LogP contribution in [0.4, 0.5) is 10.5 Å². The van der Waals surface area contributed by atoms with Crippen molar-refractivity contribution in [2.45, 2.75) is 38.1 Å². The van der Waals surface area contributed by atoms with E-state index in [9.17, 15) is 29.6 Å². The number of ether oxygens (including phenoxy) is 1. The summed E-state index contributed by atoms with van der Waals surface area (Å²) in [5.74, 6) is -1.89. The molecule has 1 aliphatic heterocycles. The quantitative estimate of drug-likeness (QED) is 0.354. The van der Waals surface area contributed by atoms with E-state index in [0.29, 0.717) is 5.56 Å². The highest BCUT2D eigenvalue weighted by Crippen LogP contribution is 2.25. The number of amides is 2. The summed E-state index contributed by atoms with van der Waals surface area (Å²) in [6.45, 7) is 0.173. The molecular formula is C27H25N3O7. The monoisotopic (exact) mass is 503 g/mol. The molecule has 3 aromatic rings. The number of aliphatic carboxylic acids is 1. The van der Waals surface area contributed by atoms with Crippen molar-refractivity contribution in [3.05, 3.63) is 111 Å². The molecule has 0 saturated heterocycles. The van der Waals surface area contributed by atoms with Gasteiger partial charge in [-0.25, -0.2) is 9.59 Å². The van der Waals surface area contributed by atoms with Crippen molar-refractivity contribution in [1.82, 2.24) is 10.2 Å². The zero-order chi connectivity index (χ0) is 26.4. The third kappa shape index (κ3) is 6.29. The molecule has 10 nitrogen and oxygen atoms in total. The maximum absolute atomic E-state index is 13.3. The molecule has 190 valence electrons. The van der Waals surface area contributed by atoms with Crippen LogP contribution >= 0.6 is 0 Å². The van der Waals surface area contributed by atoms with Gasteiger partial charge in [-0.3, -0.25) is 19.8 Å². The minimum absolute atomic E-state index is 0.0318. The Morgan fingerprint density at radius 1 is 0.973 bits per heavy atom. The van der Waals surface area contributed by atoms with Crippen LogP contribution in [0.2, 0.25) is 0 Å². The van der Waals surface area contributed by atoms with Gasteiger partial charge in [0.2, 0.25) is 5.91 Å². The van der Waals surface area contributed by atoms with Crippen molar-refractivity contribution in [2.24, 2.45) is 0 Å². The molecule has 0 saturated carbocycles. The lowest BCUT2D eigenvalue weighted by molar-refractivity contribution is -0.384. The molecule has 1 aliphatic rings. The Balaban J connectivity index is 1.50. The number of carbonyl (C=O) groups is 3. The molecule has 2 atom stereocenters. The lowest BCUT2D eigenvalue weighted by atomic mass is 9.93. The van der Waals surface area contributed by atoms with Crippen molar-refractivity contribution < 1.29 is 29.2 Å². The maximum Gasteiger partial charge on any atom is 0.411 e. The molecule has 0 bridgehead atoms. The van der Waals surface area contributed by atoms with Crippen molar-refractivity contribution in [2.75, 3.05) is 0 Å². The molecule has 2 N–H and O–H groups in total. The van der Waals surface area contributed by atoms with Gasteiger partial charge in [-0.15, -0.1) is 0 Å². The number of nitrogens with zero attached hydrogens (tertiary/aromatic N) is 2. The second-order valence-electron chi connectivity index (χ2n) is 8.68. The van der Waals surface area contributed by atoms with Gasteiger partial charge in [0.05, 0.1) is 11.5 Å². The fourth-order valence-corrected chi connectivity index (χ4v) is 4.21. The summed E-state index contributed by atoms with van der Waals surface area (Å²) in [6, 6.07) is 19.7. The molecule has 37 heavy (non-hydrogen) atoms. The average Bonchev–Trinajstić information content (AvgIpc) is 2.91. The van der Waals surface area contributed by atoms with Crippen molar-refractivity contribution in [3.8, 4) is 0 Å². The Bertz CT molecular complexity index is 1290. The van der Waals surface area contributed by atoms with Gasteiger partial charge in [-0.2, -0.15) is 0 Å². The van der Waals surface area contributed by atoms with Crippen molar-refractivity contribution in [3.63, 3.8) is 0 Å². The summed E-state index contributed by atoms with van der Waals surface area (Å²) >= 11 is 0. The summed E-state index contributed by atoms with van der Waals surface area (Å²) in [5, 5.41) is 23.2. The van der Waals surface area contributed by atoms with Gasteiger partial charge in [0.1, 0.15) is 18.7 Å².